The molecule has 4 atom stereocenters. The van der Waals surface area contributed by atoms with E-state index in [4.69, 9.17) is 5.73 Å². The van der Waals surface area contributed by atoms with E-state index >= 15 is 4.39 Å². The molecule has 12 heteroatoms. The van der Waals surface area contributed by atoms with E-state index in [9.17, 15) is 39.6 Å². The van der Waals surface area contributed by atoms with Gasteiger partial charge in [0.25, 0.3) is 5.91 Å². The molecule has 0 saturated heterocycles. The van der Waals surface area contributed by atoms with Crippen molar-refractivity contribution in [2.45, 2.75) is 58.2 Å². The highest BCUT2D eigenvalue weighted by Gasteiger charge is 2.63. The van der Waals surface area contributed by atoms with Crippen LogP contribution in [0.4, 0.5) is 4.39 Å². The van der Waals surface area contributed by atoms with Crippen LogP contribution < -0.4 is 5.73 Å². The summed E-state index contributed by atoms with van der Waals surface area (Å²) >= 11 is 0. The number of phenolic OH excluding ortho intramolecular Hbond substituents is 1. The Bertz CT molecular complexity index is 1430. The Kier molecular flexibility index (Phi) is 8.13. The molecule has 0 aromatic heterocycles. The van der Waals surface area contributed by atoms with E-state index < -0.39 is 69.6 Å². The number of fused-ring (bicyclic) bond motifs is 3. The van der Waals surface area contributed by atoms with Gasteiger partial charge in [-0.2, -0.15) is 0 Å². The lowest BCUT2D eigenvalue weighted by atomic mass is 9.58. The summed E-state index contributed by atoms with van der Waals surface area (Å²) in [6.45, 7) is 6.97. The molecule has 4 rings (SSSR count). The molecule has 3 aliphatic carbocycles. The van der Waals surface area contributed by atoms with Gasteiger partial charge in [0.1, 0.15) is 34.9 Å². The van der Waals surface area contributed by atoms with Crippen molar-refractivity contribution in [3.63, 3.8) is 0 Å². The van der Waals surface area contributed by atoms with Crippen molar-refractivity contribution in [2.75, 3.05) is 27.2 Å². The number of rotatable bonds is 8. The third-order valence-corrected chi connectivity index (χ3v) is 8.39. The average molecular weight is 588 g/mol. The largest absolute Gasteiger partial charge is 0.510 e. The number of nitrogens with two attached hydrogens (primary N) is 1. The first kappa shape index (κ1) is 31.3. The number of aromatic hydroxyl groups is 1. The monoisotopic (exact) mass is 587 g/mol. The van der Waals surface area contributed by atoms with Crippen molar-refractivity contribution < 1.29 is 44.0 Å². The smallest absolute Gasteiger partial charge is 0.255 e. The lowest BCUT2D eigenvalue weighted by Crippen LogP contribution is -2.63. The molecule has 11 nitrogen and oxygen atoms in total. The molecule has 1 aromatic rings. The molecule has 1 aromatic carbocycles. The second kappa shape index (κ2) is 10.9. The number of phenols is 1. The van der Waals surface area contributed by atoms with E-state index in [-0.39, 0.29) is 53.5 Å². The van der Waals surface area contributed by atoms with Crippen molar-refractivity contribution in [3.8, 4) is 5.75 Å². The number of hydrogen-bond donors (Lipinski definition) is 5. The first-order valence-electron chi connectivity index (χ1n) is 13.8. The van der Waals surface area contributed by atoms with Gasteiger partial charge in [-0.1, -0.05) is 20.8 Å². The van der Waals surface area contributed by atoms with Crippen molar-refractivity contribution in [1.29, 1.82) is 0 Å². The van der Waals surface area contributed by atoms with E-state index in [1.54, 1.807) is 0 Å². The molecule has 0 fully saturated rings. The maximum absolute atomic E-state index is 16.1. The Labute approximate surface area is 243 Å². The third-order valence-electron chi connectivity index (χ3n) is 8.39. The first-order valence-corrected chi connectivity index (χ1v) is 13.8. The molecular formula is C30H38FN3O8. The number of allylic oxidation sites excluding steroid dienone is 1. The molecule has 1 amide bonds. The number of Topliss-reactive ketones (excluding diaryl/α,β-unsaturated/α-hetero) is 2. The minimum Gasteiger partial charge on any atom is -0.510 e. The van der Waals surface area contributed by atoms with Crippen LogP contribution in [0.5, 0.6) is 5.75 Å². The van der Waals surface area contributed by atoms with Gasteiger partial charge >= 0.3 is 0 Å². The van der Waals surface area contributed by atoms with Gasteiger partial charge in [0.05, 0.1) is 11.6 Å². The number of carbonyl (C=O) groups excluding carboxylic acids is 4. The zero-order chi connectivity index (χ0) is 31.5. The van der Waals surface area contributed by atoms with E-state index in [2.05, 4.69) is 0 Å². The fraction of sp³-hybridized carbons (Fsp3) is 0.533. The molecule has 0 unspecified atom stereocenters. The summed E-state index contributed by atoms with van der Waals surface area (Å²) in [6, 6.07) is 0.00420. The highest BCUT2D eigenvalue weighted by Crippen LogP contribution is 2.52. The van der Waals surface area contributed by atoms with E-state index in [1.807, 2.05) is 25.7 Å². The first-order chi connectivity index (χ1) is 19.4. The molecule has 0 spiro atoms. The molecule has 0 heterocycles. The molecule has 0 bridgehead atoms. The van der Waals surface area contributed by atoms with Gasteiger partial charge in [-0.3, -0.25) is 24.2 Å². The summed E-state index contributed by atoms with van der Waals surface area (Å²) in [5.41, 5.74) is 0.852. The highest BCUT2D eigenvalue weighted by molar-refractivity contribution is 6.24. The van der Waals surface area contributed by atoms with Crippen molar-refractivity contribution in [3.05, 3.63) is 51.2 Å². The number of carbonyl (C=O) groups is 4. The predicted octanol–water partition coefficient (Wildman–Crippen LogP) is 1.70. The number of benzene rings is 1. The Balaban J connectivity index is 1.83. The average Bonchev–Trinajstić information content (AvgIpc) is 2.86. The zero-order valence-electron chi connectivity index (χ0n) is 24.4. The van der Waals surface area contributed by atoms with Crippen LogP contribution >= 0.6 is 0 Å². The SMILES string of the molecule is CN(C)[C@@H]1C(O)=C(C(N)=O)C(=O)[C@@]2(O)C(O)=C3C(=O)c4c(O)cc(CN(CCC=O)CC(C)(C)C)c(F)c4C[C@H]3C[C@@H]12. The molecule has 0 radical (unpaired) electrons. The van der Waals surface area contributed by atoms with Crippen LogP contribution in [0, 0.1) is 23.1 Å². The number of halogens is 1. The fourth-order valence-corrected chi connectivity index (χ4v) is 6.83. The van der Waals surface area contributed by atoms with Crippen molar-refractivity contribution in [2.24, 2.45) is 23.0 Å². The van der Waals surface area contributed by atoms with Crippen LogP contribution in [0.1, 0.15) is 55.1 Å². The Hall–Kier alpha value is -3.61. The number of aliphatic hydroxyl groups excluding tert-OH is 2. The van der Waals surface area contributed by atoms with Crippen LogP contribution in [-0.4, -0.2) is 92.8 Å². The Morgan fingerprint density at radius 2 is 1.86 bits per heavy atom. The quantitative estimate of drug-likeness (QED) is 0.222. The van der Waals surface area contributed by atoms with Gasteiger partial charge < -0.3 is 31.0 Å². The number of nitrogens with zero attached hydrogens (tertiary/aromatic N) is 2. The molecule has 42 heavy (non-hydrogen) atoms. The summed E-state index contributed by atoms with van der Waals surface area (Å²) in [6.07, 6.45) is 0.731. The number of likely N-dealkylation sites (N-methyl/N-ethyl adjacent to an activating group) is 1. The number of ketones is 2. The molecule has 0 aliphatic heterocycles. The van der Waals surface area contributed by atoms with Crippen molar-refractivity contribution >= 4 is 23.8 Å². The summed E-state index contributed by atoms with van der Waals surface area (Å²) in [5, 5.41) is 44.8. The molecular weight excluding hydrogens is 549 g/mol. The Morgan fingerprint density at radius 1 is 1.21 bits per heavy atom. The van der Waals surface area contributed by atoms with Crippen molar-refractivity contribution in [1.82, 2.24) is 9.80 Å². The number of aliphatic hydroxyl groups is 3. The normalized spacial score (nSPS) is 26.0. The minimum atomic E-state index is -2.76. The molecule has 6 N–H and O–H groups in total. The number of primary amides is 1. The Morgan fingerprint density at radius 3 is 2.40 bits per heavy atom. The second-order valence-electron chi connectivity index (χ2n) is 12.9. The predicted molar refractivity (Wildman–Crippen MR) is 149 cm³/mol. The van der Waals surface area contributed by atoms with Crippen LogP contribution in [0.3, 0.4) is 0 Å². The maximum atomic E-state index is 16.1. The lowest BCUT2D eigenvalue weighted by molar-refractivity contribution is -0.148. The van der Waals surface area contributed by atoms with Crippen LogP contribution in [0.15, 0.2) is 28.7 Å². The molecule has 0 saturated carbocycles. The molecule has 228 valence electrons. The van der Waals surface area contributed by atoms with E-state index in [0.717, 1.165) is 12.4 Å². The number of aldehydes is 1. The topological polar surface area (TPSA) is 182 Å². The second-order valence-corrected chi connectivity index (χ2v) is 12.9. The van der Waals surface area contributed by atoms with Gasteiger partial charge in [0, 0.05) is 48.7 Å². The summed E-state index contributed by atoms with van der Waals surface area (Å²) in [4.78, 5) is 53.6. The summed E-state index contributed by atoms with van der Waals surface area (Å²) in [7, 11) is 3.07. The molecule has 3 aliphatic rings. The maximum Gasteiger partial charge on any atom is 0.255 e. The fourth-order valence-electron chi connectivity index (χ4n) is 6.83. The highest BCUT2D eigenvalue weighted by atomic mass is 19.1. The van der Waals surface area contributed by atoms with Crippen LogP contribution in [-0.2, 0) is 27.3 Å². The summed E-state index contributed by atoms with van der Waals surface area (Å²) < 4.78 is 16.1. The van der Waals surface area contributed by atoms with E-state index in [1.165, 1.54) is 19.0 Å². The van der Waals surface area contributed by atoms with Gasteiger partial charge in [0.2, 0.25) is 5.78 Å². The van der Waals surface area contributed by atoms with Crippen LogP contribution in [0.2, 0.25) is 0 Å². The minimum absolute atomic E-state index is 0.0609. The summed E-state index contributed by atoms with van der Waals surface area (Å²) in [5.74, 6) is -8.58. The van der Waals surface area contributed by atoms with E-state index in [0.29, 0.717) is 13.1 Å². The van der Waals surface area contributed by atoms with Gasteiger partial charge in [-0.25, -0.2) is 4.39 Å². The third kappa shape index (κ3) is 5.01. The number of hydrogen-bond acceptors (Lipinski definition) is 10. The lowest BCUT2D eigenvalue weighted by Gasteiger charge is -2.50. The zero-order valence-corrected chi connectivity index (χ0v) is 24.4. The van der Waals surface area contributed by atoms with Gasteiger partial charge in [0.15, 0.2) is 11.4 Å². The number of amides is 1. The van der Waals surface area contributed by atoms with Crippen LogP contribution in [0.25, 0.3) is 0 Å². The van der Waals surface area contributed by atoms with Gasteiger partial charge in [-0.05, 0) is 44.3 Å². The standard InChI is InChI=1S/C30H38FN3O8/c1-29(2,3)13-34(7-6-8-35)12-15-11-18(36)20-16(22(15)31)9-14-10-17-23(33(4)5)25(38)21(28(32)41)27(40)30(17,42)26(39)19(14)24(20)37/h8,11,14,17,23,36,38-39,42H,6-7,9-10,12-13H2,1-5H3,(H2,32,41)/t14-,17-,23-,30-/m0/s1. The van der Waals surface area contributed by atoms with Gasteiger partial charge in [-0.15, -0.1) is 0 Å².